The van der Waals surface area contributed by atoms with E-state index in [4.69, 9.17) is 4.74 Å². The Morgan fingerprint density at radius 3 is 2.70 bits per heavy atom. The molecular formula is C17H18N2O4. The molecule has 1 aromatic carbocycles. The van der Waals surface area contributed by atoms with Crippen LogP contribution in [0.25, 0.3) is 10.9 Å². The van der Waals surface area contributed by atoms with Crippen molar-refractivity contribution in [1.29, 1.82) is 0 Å². The lowest BCUT2D eigenvalue weighted by atomic mass is 10.1. The first-order valence-corrected chi connectivity index (χ1v) is 7.48. The Morgan fingerprint density at radius 2 is 2.09 bits per heavy atom. The molecule has 0 bridgehead atoms. The summed E-state index contributed by atoms with van der Waals surface area (Å²) in [6.07, 6.45) is 1.68. The fraction of sp³-hybridized carbons (Fsp3) is 0.353. The van der Waals surface area contributed by atoms with Crippen LogP contribution >= 0.6 is 0 Å². The van der Waals surface area contributed by atoms with Crippen LogP contribution in [0.1, 0.15) is 28.9 Å². The zero-order valence-corrected chi connectivity index (χ0v) is 13.0. The third-order valence-electron chi connectivity index (χ3n) is 4.11. The van der Waals surface area contributed by atoms with E-state index in [-0.39, 0.29) is 5.92 Å². The van der Waals surface area contributed by atoms with Gasteiger partial charge in [-0.2, -0.15) is 0 Å². The lowest BCUT2D eigenvalue weighted by Crippen LogP contribution is -2.42. The predicted octanol–water partition coefficient (Wildman–Crippen LogP) is 2.14. The SMILES string of the molecule is COc1ccc2cc(C(=O)NC(C(=O)O)C3CC3)c(C)nc2c1. The highest BCUT2D eigenvalue weighted by atomic mass is 16.5. The molecule has 6 heteroatoms. The van der Waals surface area contributed by atoms with Gasteiger partial charge in [0.15, 0.2) is 0 Å². The Morgan fingerprint density at radius 1 is 1.35 bits per heavy atom. The topological polar surface area (TPSA) is 88.5 Å². The van der Waals surface area contributed by atoms with E-state index in [1.165, 1.54) is 0 Å². The van der Waals surface area contributed by atoms with Crippen LogP contribution < -0.4 is 10.1 Å². The summed E-state index contributed by atoms with van der Waals surface area (Å²) in [4.78, 5) is 28.1. The Hall–Kier alpha value is -2.63. The summed E-state index contributed by atoms with van der Waals surface area (Å²) in [5.41, 5.74) is 1.69. The van der Waals surface area contributed by atoms with E-state index in [2.05, 4.69) is 10.3 Å². The monoisotopic (exact) mass is 314 g/mol. The van der Waals surface area contributed by atoms with Crippen molar-refractivity contribution in [3.63, 3.8) is 0 Å². The van der Waals surface area contributed by atoms with E-state index in [0.29, 0.717) is 17.0 Å². The summed E-state index contributed by atoms with van der Waals surface area (Å²) in [5.74, 6) is -0.653. The Labute approximate surface area is 133 Å². The predicted molar refractivity (Wildman–Crippen MR) is 84.6 cm³/mol. The zero-order chi connectivity index (χ0) is 16.6. The van der Waals surface area contributed by atoms with Gasteiger partial charge in [-0.15, -0.1) is 0 Å². The van der Waals surface area contributed by atoms with E-state index in [0.717, 1.165) is 23.7 Å². The second kappa shape index (κ2) is 5.87. The molecular weight excluding hydrogens is 296 g/mol. The van der Waals surface area contributed by atoms with Crippen molar-refractivity contribution in [2.24, 2.45) is 5.92 Å². The normalized spacial score (nSPS) is 15.2. The molecule has 1 heterocycles. The van der Waals surface area contributed by atoms with Crippen LogP contribution in [0.3, 0.4) is 0 Å². The number of hydrogen-bond donors (Lipinski definition) is 2. The molecule has 1 unspecified atom stereocenters. The van der Waals surface area contributed by atoms with Crippen LogP contribution in [0, 0.1) is 12.8 Å². The summed E-state index contributed by atoms with van der Waals surface area (Å²) < 4.78 is 5.17. The molecule has 2 N–H and O–H groups in total. The van der Waals surface area contributed by atoms with Crippen molar-refractivity contribution in [3.05, 3.63) is 35.5 Å². The number of pyridine rings is 1. The van der Waals surface area contributed by atoms with Crippen LogP contribution in [0.15, 0.2) is 24.3 Å². The van der Waals surface area contributed by atoms with E-state index >= 15 is 0 Å². The number of fused-ring (bicyclic) bond motifs is 1. The molecule has 3 rings (SSSR count). The number of carboxylic acid groups (broad SMARTS) is 1. The largest absolute Gasteiger partial charge is 0.497 e. The number of hydrogen-bond acceptors (Lipinski definition) is 4. The number of carbonyl (C=O) groups excluding carboxylic acids is 1. The van der Waals surface area contributed by atoms with Gasteiger partial charge in [0.2, 0.25) is 0 Å². The number of nitrogens with zero attached hydrogens (tertiary/aromatic N) is 1. The van der Waals surface area contributed by atoms with Crippen LogP contribution in [0.2, 0.25) is 0 Å². The Kier molecular flexibility index (Phi) is 3.90. The molecule has 1 fully saturated rings. The van der Waals surface area contributed by atoms with Gasteiger partial charge in [0, 0.05) is 11.5 Å². The maximum absolute atomic E-state index is 12.4. The molecule has 1 saturated carbocycles. The molecule has 2 aromatic rings. The Bertz CT molecular complexity index is 784. The minimum absolute atomic E-state index is 0.0365. The van der Waals surface area contributed by atoms with Crippen LogP contribution in [-0.2, 0) is 4.79 Å². The summed E-state index contributed by atoms with van der Waals surface area (Å²) in [6.45, 7) is 1.74. The molecule has 1 amide bonds. The van der Waals surface area contributed by atoms with Crippen molar-refractivity contribution in [2.75, 3.05) is 7.11 Å². The number of aryl methyl sites for hydroxylation is 1. The smallest absolute Gasteiger partial charge is 0.326 e. The molecule has 0 radical (unpaired) electrons. The van der Waals surface area contributed by atoms with Gasteiger partial charge >= 0.3 is 5.97 Å². The number of aromatic nitrogens is 1. The fourth-order valence-corrected chi connectivity index (χ4v) is 2.63. The minimum Gasteiger partial charge on any atom is -0.497 e. The van der Waals surface area contributed by atoms with Crippen LogP contribution in [0.5, 0.6) is 5.75 Å². The Balaban J connectivity index is 1.90. The van der Waals surface area contributed by atoms with Crippen molar-refractivity contribution in [1.82, 2.24) is 10.3 Å². The quantitative estimate of drug-likeness (QED) is 0.882. The number of ether oxygens (including phenoxy) is 1. The number of methoxy groups -OCH3 is 1. The van der Waals surface area contributed by atoms with Gasteiger partial charge < -0.3 is 15.2 Å². The highest BCUT2D eigenvalue weighted by Gasteiger charge is 2.37. The van der Waals surface area contributed by atoms with Crippen LogP contribution in [0.4, 0.5) is 0 Å². The van der Waals surface area contributed by atoms with Gasteiger partial charge in [-0.3, -0.25) is 9.78 Å². The molecule has 23 heavy (non-hydrogen) atoms. The molecule has 0 spiro atoms. The minimum atomic E-state index is -0.989. The lowest BCUT2D eigenvalue weighted by Gasteiger charge is -2.15. The highest BCUT2D eigenvalue weighted by molar-refractivity contribution is 6.00. The number of carboxylic acids is 1. The first-order chi connectivity index (χ1) is 11.0. The van der Waals surface area contributed by atoms with E-state index in [1.807, 2.05) is 6.07 Å². The third-order valence-corrected chi connectivity index (χ3v) is 4.11. The zero-order valence-electron chi connectivity index (χ0n) is 13.0. The van der Waals surface area contributed by atoms with Gasteiger partial charge in [-0.05, 0) is 43.9 Å². The van der Waals surface area contributed by atoms with Gasteiger partial charge in [-0.25, -0.2) is 4.79 Å². The van der Waals surface area contributed by atoms with E-state index < -0.39 is 17.9 Å². The first-order valence-electron chi connectivity index (χ1n) is 7.48. The molecule has 6 nitrogen and oxygen atoms in total. The van der Waals surface area contributed by atoms with Crippen molar-refractivity contribution >= 4 is 22.8 Å². The van der Waals surface area contributed by atoms with E-state index in [9.17, 15) is 14.7 Å². The second-order valence-corrected chi connectivity index (χ2v) is 5.81. The molecule has 1 aliphatic carbocycles. The molecule has 1 atom stereocenters. The first kappa shape index (κ1) is 15.3. The van der Waals surface area contributed by atoms with Crippen LogP contribution in [-0.4, -0.2) is 35.1 Å². The molecule has 120 valence electrons. The number of aliphatic carboxylic acids is 1. The summed E-state index contributed by atoms with van der Waals surface area (Å²) >= 11 is 0. The van der Waals surface area contributed by atoms with Gasteiger partial charge in [-0.1, -0.05) is 0 Å². The number of carbonyl (C=O) groups is 2. The summed E-state index contributed by atoms with van der Waals surface area (Å²) in [7, 11) is 1.58. The number of amides is 1. The fourth-order valence-electron chi connectivity index (χ4n) is 2.63. The molecule has 1 aliphatic rings. The van der Waals surface area contributed by atoms with Crippen molar-refractivity contribution in [2.45, 2.75) is 25.8 Å². The van der Waals surface area contributed by atoms with E-state index in [1.54, 1.807) is 32.2 Å². The lowest BCUT2D eigenvalue weighted by molar-refractivity contribution is -0.139. The highest BCUT2D eigenvalue weighted by Crippen LogP contribution is 2.33. The average Bonchev–Trinajstić information content (AvgIpc) is 3.35. The standard InChI is InChI=1S/C17H18N2O4/c1-9-13(16(20)19-15(17(21)22)10-3-4-10)7-11-5-6-12(23-2)8-14(11)18-9/h5-8,10,15H,3-4H2,1-2H3,(H,19,20)(H,21,22). The summed E-state index contributed by atoms with van der Waals surface area (Å²) in [5, 5.41) is 12.7. The van der Waals surface area contributed by atoms with Gasteiger partial charge in [0.05, 0.1) is 23.9 Å². The molecule has 0 saturated heterocycles. The van der Waals surface area contributed by atoms with Crippen molar-refractivity contribution < 1.29 is 19.4 Å². The number of benzene rings is 1. The third kappa shape index (κ3) is 3.11. The van der Waals surface area contributed by atoms with Crippen molar-refractivity contribution in [3.8, 4) is 5.75 Å². The summed E-state index contributed by atoms with van der Waals surface area (Å²) in [6, 6.07) is 6.33. The number of nitrogens with one attached hydrogen (secondary N) is 1. The van der Waals surface area contributed by atoms with Gasteiger partial charge in [0.1, 0.15) is 11.8 Å². The maximum atomic E-state index is 12.4. The number of rotatable bonds is 5. The second-order valence-electron chi connectivity index (χ2n) is 5.81. The van der Waals surface area contributed by atoms with Gasteiger partial charge in [0.25, 0.3) is 5.91 Å². The maximum Gasteiger partial charge on any atom is 0.326 e. The molecule has 1 aromatic heterocycles. The molecule has 0 aliphatic heterocycles. The average molecular weight is 314 g/mol.